The van der Waals surface area contributed by atoms with Gasteiger partial charge < -0.3 is 40.3 Å². The van der Waals surface area contributed by atoms with Gasteiger partial charge in [0.2, 0.25) is 5.91 Å². The fraction of sp³-hybridized carbons (Fsp3) is 0.924. The van der Waals surface area contributed by atoms with Crippen LogP contribution in [0.5, 0.6) is 0 Å². The summed E-state index contributed by atoms with van der Waals surface area (Å²) in [6, 6.07) is -0.714. The molecule has 0 aromatic rings. The monoisotopic (exact) mass is 1060 g/mol. The van der Waals surface area contributed by atoms with Gasteiger partial charge in [-0.3, -0.25) is 4.79 Å². The fourth-order valence-corrected chi connectivity index (χ4v) is 10.8. The van der Waals surface area contributed by atoms with E-state index in [1.165, 1.54) is 263 Å². The van der Waals surface area contributed by atoms with Crippen molar-refractivity contribution in [3.63, 3.8) is 0 Å². The van der Waals surface area contributed by atoms with Crippen molar-refractivity contribution >= 4 is 5.91 Å². The summed E-state index contributed by atoms with van der Waals surface area (Å²) >= 11 is 0. The molecule has 0 aromatic heterocycles. The normalized spacial score (nSPS) is 18.9. The standard InChI is InChI=1S/C66H127NO8/c1-3-5-7-9-11-13-15-16-17-18-19-20-21-22-23-24-25-26-27-28-29-30-31-32-33-34-35-36-37-38-39-40-41-42-43-44-46-48-50-52-54-56-62(70)67-59(58-74-66-65(73)64(72)63(71)61(57-68)75-66)60(69)55-53-51-49-47-45-14-12-10-8-6-4-2/h15-16,18-19,59-61,63-66,68-69,71-73H,3-14,17,20-58H2,1-2H3,(H,67,70)/b16-15-,19-18-. The zero-order chi connectivity index (χ0) is 54.3. The van der Waals surface area contributed by atoms with E-state index >= 15 is 0 Å². The Morgan fingerprint density at radius 1 is 0.453 bits per heavy atom. The highest BCUT2D eigenvalue weighted by Crippen LogP contribution is 2.24. The van der Waals surface area contributed by atoms with Crippen LogP contribution in [0.4, 0.5) is 0 Å². The Balaban J connectivity index is 1.96. The molecule has 0 saturated carbocycles. The first-order chi connectivity index (χ1) is 36.8. The molecule has 444 valence electrons. The van der Waals surface area contributed by atoms with Gasteiger partial charge in [-0.15, -0.1) is 0 Å². The van der Waals surface area contributed by atoms with Crippen LogP contribution >= 0.6 is 0 Å². The van der Waals surface area contributed by atoms with E-state index in [-0.39, 0.29) is 12.5 Å². The SMILES string of the molecule is CCCCCCC/C=C\C/C=C\CCCCCCCCCCCCCCCCCCCCCCCCCCCCCCCC(=O)NC(COC1OC(CO)C(O)C(O)C1O)C(O)CCCCCCCCCCCCC. The number of allylic oxidation sites excluding steroid dienone is 4. The van der Waals surface area contributed by atoms with E-state index in [9.17, 15) is 30.3 Å². The number of unbranched alkanes of at least 4 members (excludes halogenated alkanes) is 44. The highest BCUT2D eigenvalue weighted by Gasteiger charge is 2.44. The summed E-state index contributed by atoms with van der Waals surface area (Å²) in [5.74, 6) is -0.139. The summed E-state index contributed by atoms with van der Waals surface area (Å²) < 4.78 is 11.3. The van der Waals surface area contributed by atoms with Crippen LogP contribution in [0.25, 0.3) is 0 Å². The quantitative estimate of drug-likeness (QED) is 0.0261. The maximum absolute atomic E-state index is 13.1. The Morgan fingerprint density at radius 2 is 0.787 bits per heavy atom. The molecule has 9 heteroatoms. The van der Waals surface area contributed by atoms with E-state index in [0.29, 0.717) is 12.8 Å². The van der Waals surface area contributed by atoms with Gasteiger partial charge in [-0.25, -0.2) is 0 Å². The number of carbonyl (C=O) groups excluding carboxylic acids is 1. The Hall–Kier alpha value is -1.33. The highest BCUT2D eigenvalue weighted by molar-refractivity contribution is 5.76. The van der Waals surface area contributed by atoms with Crippen LogP contribution in [0.3, 0.4) is 0 Å². The number of hydrogen-bond donors (Lipinski definition) is 6. The van der Waals surface area contributed by atoms with E-state index in [1.807, 2.05) is 0 Å². The summed E-state index contributed by atoms with van der Waals surface area (Å²) in [7, 11) is 0. The number of aliphatic hydroxyl groups excluding tert-OH is 5. The van der Waals surface area contributed by atoms with Crippen LogP contribution in [0.1, 0.15) is 335 Å². The second-order valence-corrected chi connectivity index (χ2v) is 23.3. The predicted octanol–water partition coefficient (Wildman–Crippen LogP) is 17.3. The summed E-state index contributed by atoms with van der Waals surface area (Å²) in [4.78, 5) is 13.1. The van der Waals surface area contributed by atoms with E-state index in [2.05, 4.69) is 43.5 Å². The van der Waals surface area contributed by atoms with E-state index in [1.54, 1.807) is 0 Å². The summed E-state index contributed by atoms with van der Waals surface area (Å²) in [6.07, 6.45) is 65.6. The van der Waals surface area contributed by atoms with Gasteiger partial charge in [-0.05, 0) is 44.9 Å². The van der Waals surface area contributed by atoms with E-state index in [0.717, 1.165) is 44.9 Å². The Bertz CT molecular complexity index is 1230. The molecule has 75 heavy (non-hydrogen) atoms. The molecule has 7 unspecified atom stereocenters. The second kappa shape index (κ2) is 56.0. The van der Waals surface area contributed by atoms with Gasteiger partial charge in [-0.2, -0.15) is 0 Å². The molecule has 1 aliphatic heterocycles. The van der Waals surface area contributed by atoms with Crippen LogP contribution in [-0.2, 0) is 14.3 Å². The number of hydrogen-bond acceptors (Lipinski definition) is 8. The molecule has 1 saturated heterocycles. The minimum Gasteiger partial charge on any atom is -0.394 e. The Morgan fingerprint density at radius 3 is 1.15 bits per heavy atom. The third kappa shape index (κ3) is 45.1. The summed E-state index contributed by atoms with van der Waals surface area (Å²) in [5, 5.41) is 54.6. The average Bonchev–Trinajstić information content (AvgIpc) is 3.41. The maximum Gasteiger partial charge on any atom is 0.220 e. The molecule has 0 aromatic carbocycles. The smallest absolute Gasteiger partial charge is 0.220 e. The second-order valence-electron chi connectivity index (χ2n) is 23.3. The van der Waals surface area contributed by atoms with Crippen LogP contribution in [-0.4, -0.2) is 87.5 Å². The molecular formula is C66H127NO8. The third-order valence-electron chi connectivity index (χ3n) is 16.1. The predicted molar refractivity (Wildman–Crippen MR) is 318 cm³/mol. The van der Waals surface area contributed by atoms with Crippen molar-refractivity contribution in [2.45, 2.75) is 378 Å². The molecule has 0 spiro atoms. The van der Waals surface area contributed by atoms with Gasteiger partial charge in [0.1, 0.15) is 24.4 Å². The molecule has 0 bridgehead atoms. The molecule has 1 heterocycles. The van der Waals surface area contributed by atoms with Gasteiger partial charge in [0.25, 0.3) is 0 Å². The van der Waals surface area contributed by atoms with Gasteiger partial charge in [-0.1, -0.05) is 308 Å². The molecule has 0 aliphatic carbocycles. The number of amides is 1. The Labute approximate surface area is 464 Å². The van der Waals surface area contributed by atoms with Crippen molar-refractivity contribution in [3.05, 3.63) is 24.3 Å². The summed E-state index contributed by atoms with van der Waals surface area (Å²) in [6.45, 7) is 3.84. The first-order valence-corrected chi connectivity index (χ1v) is 33.0. The topological polar surface area (TPSA) is 149 Å². The zero-order valence-electron chi connectivity index (χ0n) is 49.6. The number of nitrogens with one attached hydrogen (secondary N) is 1. The van der Waals surface area contributed by atoms with Crippen molar-refractivity contribution < 1.29 is 39.8 Å². The van der Waals surface area contributed by atoms with Gasteiger partial charge in [0.05, 0.1) is 25.4 Å². The lowest BCUT2D eigenvalue weighted by Crippen LogP contribution is -2.60. The minimum atomic E-state index is -1.55. The lowest BCUT2D eigenvalue weighted by Gasteiger charge is -2.40. The van der Waals surface area contributed by atoms with Crippen molar-refractivity contribution in [2.24, 2.45) is 0 Å². The fourth-order valence-electron chi connectivity index (χ4n) is 10.8. The van der Waals surface area contributed by atoms with Crippen LogP contribution < -0.4 is 5.32 Å². The number of aliphatic hydroxyl groups is 5. The average molecular weight is 1060 g/mol. The van der Waals surface area contributed by atoms with Crippen molar-refractivity contribution in [1.29, 1.82) is 0 Å². The van der Waals surface area contributed by atoms with Crippen LogP contribution in [0.15, 0.2) is 24.3 Å². The molecule has 6 N–H and O–H groups in total. The Kier molecular flexibility index (Phi) is 53.5. The molecule has 1 amide bonds. The summed E-state index contributed by atoms with van der Waals surface area (Å²) in [5.41, 5.74) is 0. The van der Waals surface area contributed by atoms with E-state index in [4.69, 9.17) is 9.47 Å². The minimum absolute atomic E-state index is 0.133. The number of carbonyl (C=O) groups is 1. The highest BCUT2D eigenvalue weighted by atomic mass is 16.7. The lowest BCUT2D eigenvalue weighted by atomic mass is 9.99. The molecular weight excluding hydrogens is 935 g/mol. The molecule has 0 radical (unpaired) electrons. The first kappa shape index (κ1) is 71.7. The number of ether oxygens (including phenoxy) is 2. The molecule has 7 atom stereocenters. The molecule has 1 rings (SSSR count). The van der Waals surface area contributed by atoms with Gasteiger partial charge in [0, 0.05) is 6.42 Å². The van der Waals surface area contributed by atoms with Crippen molar-refractivity contribution in [1.82, 2.24) is 5.32 Å². The largest absolute Gasteiger partial charge is 0.394 e. The maximum atomic E-state index is 13.1. The van der Waals surface area contributed by atoms with E-state index < -0.39 is 49.5 Å². The van der Waals surface area contributed by atoms with Crippen molar-refractivity contribution in [2.75, 3.05) is 13.2 Å². The first-order valence-electron chi connectivity index (χ1n) is 33.0. The number of rotatable bonds is 58. The lowest BCUT2D eigenvalue weighted by molar-refractivity contribution is -0.302. The molecule has 1 fully saturated rings. The molecule has 1 aliphatic rings. The van der Waals surface area contributed by atoms with Crippen LogP contribution in [0, 0.1) is 0 Å². The molecule has 9 nitrogen and oxygen atoms in total. The van der Waals surface area contributed by atoms with Gasteiger partial charge in [0.15, 0.2) is 6.29 Å². The van der Waals surface area contributed by atoms with Gasteiger partial charge >= 0.3 is 0 Å². The zero-order valence-corrected chi connectivity index (χ0v) is 49.6. The van der Waals surface area contributed by atoms with Crippen molar-refractivity contribution in [3.8, 4) is 0 Å². The van der Waals surface area contributed by atoms with Crippen LogP contribution in [0.2, 0.25) is 0 Å². The third-order valence-corrected chi connectivity index (χ3v) is 16.1.